The van der Waals surface area contributed by atoms with E-state index in [1.54, 1.807) is 0 Å². The third kappa shape index (κ3) is 2.67. The van der Waals surface area contributed by atoms with Crippen LogP contribution in [0.25, 0.3) is 0 Å². The van der Waals surface area contributed by atoms with Crippen molar-refractivity contribution in [1.29, 1.82) is 0 Å². The molecule has 2 nitrogen and oxygen atoms in total. The van der Waals surface area contributed by atoms with Gasteiger partial charge in [-0.1, -0.05) is 33.6 Å². The fourth-order valence-corrected chi connectivity index (χ4v) is 4.81. The molecule has 0 saturated heterocycles. The van der Waals surface area contributed by atoms with E-state index in [2.05, 4.69) is 38.3 Å². The van der Waals surface area contributed by atoms with Gasteiger partial charge in [-0.3, -0.25) is 0 Å². The lowest BCUT2D eigenvalue weighted by atomic mass is 9.74. The number of nitrogens with zero attached hydrogens (tertiary/aromatic N) is 1. The van der Waals surface area contributed by atoms with Gasteiger partial charge in [-0.05, 0) is 61.5 Å². The molecule has 1 saturated carbocycles. The predicted octanol–water partition coefficient (Wildman–Crippen LogP) is 4.74. The zero-order valence-corrected chi connectivity index (χ0v) is 14.3. The van der Waals surface area contributed by atoms with Crippen molar-refractivity contribution in [3.63, 3.8) is 0 Å². The summed E-state index contributed by atoms with van der Waals surface area (Å²) < 4.78 is 2.63. The molecule has 1 fully saturated rings. The Labute approximate surface area is 130 Å². The van der Waals surface area contributed by atoms with Gasteiger partial charge in [0.15, 0.2) is 0 Å². The summed E-state index contributed by atoms with van der Waals surface area (Å²) in [7, 11) is 0. The zero-order valence-electron chi connectivity index (χ0n) is 14.3. The average molecular weight is 288 g/mol. The van der Waals surface area contributed by atoms with E-state index in [1.807, 2.05) is 0 Å². The van der Waals surface area contributed by atoms with Gasteiger partial charge >= 0.3 is 0 Å². The molecule has 2 heteroatoms. The first-order valence-electron chi connectivity index (χ1n) is 8.80. The summed E-state index contributed by atoms with van der Waals surface area (Å²) in [6.07, 6.45) is 9.26. The van der Waals surface area contributed by atoms with Crippen LogP contribution in [0, 0.1) is 17.8 Å². The lowest BCUT2D eigenvalue weighted by molar-refractivity contribution is 0.221. The number of nitrogens with two attached hydrogens (primary N) is 1. The van der Waals surface area contributed by atoms with Gasteiger partial charge in [0.1, 0.15) is 0 Å². The third-order valence-corrected chi connectivity index (χ3v) is 6.17. The van der Waals surface area contributed by atoms with E-state index >= 15 is 0 Å². The molecule has 2 N–H and O–H groups in total. The van der Waals surface area contributed by atoms with Gasteiger partial charge < -0.3 is 10.3 Å². The number of rotatable bonds is 3. The van der Waals surface area contributed by atoms with Crippen LogP contribution in [0.1, 0.15) is 82.3 Å². The summed E-state index contributed by atoms with van der Waals surface area (Å²) in [5.74, 6) is 0. The van der Waals surface area contributed by atoms with Crippen molar-refractivity contribution < 1.29 is 0 Å². The second-order valence-corrected chi connectivity index (χ2v) is 8.49. The highest BCUT2D eigenvalue weighted by Gasteiger charge is 2.37. The SMILES string of the molecule is CCC1(Cn2c(C)cc3c2CC(C)(C)CC3N)CCCC1. The first kappa shape index (κ1) is 15.1. The Bertz CT molecular complexity index is 518. The molecular weight excluding hydrogens is 256 g/mol. The number of hydrogen-bond donors (Lipinski definition) is 1. The fourth-order valence-electron chi connectivity index (χ4n) is 4.81. The topological polar surface area (TPSA) is 30.9 Å². The monoisotopic (exact) mass is 288 g/mol. The van der Waals surface area contributed by atoms with E-state index in [4.69, 9.17) is 5.73 Å². The Kier molecular flexibility index (Phi) is 3.72. The zero-order chi connectivity index (χ0) is 15.3. The highest BCUT2D eigenvalue weighted by Crippen LogP contribution is 2.45. The highest BCUT2D eigenvalue weighted by molar-refractivity contribution is 5.34. The van der Waals surface area contributed by atoms with Gasteiger partial charge in [-0.2, -0.15) is 0 Å². The van der Waals surface area contributed by atoms with Crippen LogP contribution in [0.15, 0.2) is 6.07 Å². The molecule has 0 aromatic carbocycles. The van der Waals surface area contributed by atoms with E-state index in [0.717, 1.165) is 6.42 Å². The van der Waals surface area contributed by atoms with E-state index < -0.39 is 0 Å². The van der Waals surface area contributed by atoms with Gasteiger partial charge in [0.25, 0.3) is 0 Å². The van der Waals surface area contributed by atoms with Crippen LogP contribution in [0.4, 0.5) is 0 Å². The second-order valence-electron chi connectivity index (χ2n) is 8.49. The van der Waals surface area contributed by atoms with Crippen LogP contribution >= 0.6 is 0 Å². The second kappa shape index (κ2) is 5.15. The predicted molar refractivity (Wildman–Crippen MR) is 89.4 cm³/mol. The molecule has 1 unspecified atom stereocenters. The molecule has 0 spiro atoms. The molecule has 0 bridgehead atoms. The summed E-state index contributed by atoms with van der Waals surface area (Å²) >= 11 is 0. The van der Waals surface area contributed by atoms with E-state index in [1.165, 1.54) is 62.0 Å². The fraction of sp³-hybridized carbons (Fsp3) is 0.789. The molecule has 1 aromatic heterocycles. The largest absolute Gasteiger partial charge is 0.348 e. The van der Waals surface area contributed by atoms with Crippen molar-refractivity contribution in [3.8, 4) is 0 Å². The number of aromatic nitrogens is 1. The molecule has 2 aliphatic carbocycles. The smallest absolute Gasteiger partial charge is 0.0318 e. The van der Waals surface area contributed by atoms with Crippen molar-refractivity contribution in [1.82, 2.24) is 4.57 Å². The number of aryl methyl sites for hydroxylation is 1. The van der Waals surface area contributed by atoms with Crippen molar-refractivity contribution >= 4 is 0 Å². The Hall–Kier alpha value is -0.760. The van der Waals surface area contributed by atoms with Crippen molar-refractivity contribution in [2.45, 2.75) is 85.2 Å². The normalized spacial score (nSPS) is 26.8. The lowest BCUT2D eigenvalue weighted by Crippen LogP contribution is -2.32. The van der Waals surface area contributed by atoms with Crippen molar-refractivity contribution in [2.24, 2.45) is 16.6 Å². The molecule has 21 heavy (non-hydrogen) atoms. The van der Waals surface area contributed by atoms with Crippen LogP contribution < -0.4 is 5.73 Å². The minimum absolute atomic E-state index is 0.227. The molecule has 1 heterocycles. The van der Waals surface area contributed by atoms with E-state index in [-0.39, 0.29) is 6.04 Å². The molecule has 0 aliphatic heterocycles. The molecule has 0 radical (unpaired) electrons. The number of fused-ring (bicyclic) bond motifs is 1. The minimum atomic E-state index is 0.227. The maximum Gasteiger partial charge on any atom is 0.0318 e. The van der Waals surface area contributed by atoms with Gasteiger partial charge in [0.05, 0.1) is 0 Å². The quantitative estimate of drug-likeness (QED) is 0.855. The standard InChI is InChI=1S/C19H32N2/c1-5-19(8-6-7-9-19)13-21-14(2)10-15-16(20)11-18(3,4)12-17(15)21/h10,16H,5-9,11-13,20H2,1-4H3. The van der Waals surface area contributed by atoms with Crippen LogP contribution in [0.5, 0.6) is 0 Å². The van der Waals surface area contributed by atoms with Crippen LogP contribution in [-0.4, -0.2) is 4.57 Å². The summed E-state index contributed by atoms with van der Waals surface area (Å²) in [4.78, 5) is 0. The molecule has 118 valence electrons. The minimum Gasteiger partial charge on any atom is -0.348 e. The lowest BCUT2D eigenvalue weighted by Gasteiger charge is -2.36. The summed E-state index contributed by atoms with van der Waals surface area (Å²) in [5, 5.41) is 0. The van der Waals surface area contributed by atoms with Crippen LogP contribution in [-0.2, 0) is 13.0 Å². The Morgan fingerprint density at radius 2 is 1.95 bits per heavy atom. The maximum absolute atomic E-state index is 6.46. The molecule has 1 atom stereocenters. The molecule has 0 amide bonds. The molecule has 2 aliphatic rings. The van der Waals surface area contributed by atoms with Crippen molar-refractivity contribution in [3.05, 3.63) is 23.0 Å². The first-order chi connectivity index (χ1) is 9.86. The highest BCUT2D eigenvalue weighted by atomic mass is 15.0. The van der Waals surface area contributed by atoms with E-state index in [9.17, 15) is 0 Å². The first-order valence-corrected chi connectivity index (χ1v) is 8.80. The Balaban J connectivity index is 1.97. The van der Waals surface area contributed by atoms with Gasteiger partial charge in [-0.25, -0.2) is 0 Å². The average Bonchev–Trinajstić information content (AvgIpc) is 2.98. The van der Waals surface area contributed by atoms with Crippen molar-refractivity contribution in [2.75, 3.05) is 0 Å². The maximum atomic E-state index is 6.46. The Morgan fingerprint density at radius 3 is 2.57 bits per heavy atom. The molecule has 3 rings (SSSR count). The Morgan fingerprint density at radius 1 is 1.29 bits per heavy atom. The van der Waals surface area contributed by atoms with Gasteiger partial charge in [0.2, 0.25) is 0 Å². The summed E-state index contributed by atoms with van der Waals surface area (Å²) in [6, 6.07) is 2.60. The molecular formula is C19H32N2. The van der Waals surface area contributed by atoms with Gasteiger partial charge in [-0.15, -0.1) is 0 Å². The van der Waals surface area contributed by atoms with Crippen LogP contribution in [0.3, 0.4) is 0 Å². The van der Waals surface area contributed by atoms with Gasteiger partial charge in [0, 0.05) is 24.0 Å². The summed E-state index contributed by atoms with van der Waals surface area (Å²) in [6.45, 7) is 10.6. The summed E-state index contributed by atoms with van der Waals surface area (Å²) in [5.41, 5.74) is 11.7. The third-order valence-electron chi connectivity index (χ3n) is 6.17. The van der Waals surface area contributed by atoms with Crippen LogP contribution in [0.2, 0.25) is 0 Å². The molecule has 1 aromatic rings. The van der Waals surface area contributed by atoms with E-state index in [0.29, 0.717) is 10.8 Å². The number of hydrogen-bond acceptors (Lipinski definition) is 1.